The van der Waals surface area contributed by atoms with E-state index in [1.54, 1.807) is 42.5 Å². The molecule has 3 atom stereocenters. The minimum atomic E-state index is -1.94. The number of amides is 3. The van der Waals surface area contributed by atoms with Crippen molar-refractivity contribution in [1.82, 2.24) is 20.9 Å². The molecule has 3 rings (SSSR count). The van der Waals surface area contributed by atoms with Crippen LogP contribution in [-0.2, 0) is 32.1 Å². The minimum absolute atomic E-state index is 0.0242. The number of ketones is 1. The third-order valence-corrected chi connectivity index (χ3v) is 5.26. The van der Waals surface area contributed by atoms with Crippen LogP contribution >= 0.6 is 0 Å². The van der Waals surface area contributed by atoms with Gasteiger partial charge in [-0.2, -0.15) is 0 Å². The largest absolute Gasteiger partial charge is 0.445 e. The molecule has 0 fully saturated rings. The van der Waals surface area contributed by atoms with E-state index in [0.717, 1.165) is 5.56 Å². The zero-order valence-electron chi connectivity index (χ0n) is 26.7. The van der Waals surface area contributed by atoms with Crippen molar-refractivity contribution < 1.29 is 30.8 Å². The Kier molecular flexibility index (Phi) is 8.65. The van der Waals surface area contributed by atoms with Crippen molar-refractivity contribution in [2.45, 2.75) is 39.3 Å². The summed E-state index contributed by atoms with van der Waals surface area (Å²) in [5.74, 6) is -2.90. The molecule has 0 radical (unpaired) electrons. The van der Waals surface area contributed by atoms with Gasteiger partial charge in [0.25, 0.3) is 0 Å². The average Bonchev–Trinajstić information content (AvgIpc) is 2.98. The lowest BCUT2D eigenvalue weighted by molar-refractivity contribution is -0.127. The maximum atomic E-state index is 12.9. The van der Waals surface area contributed by atoms with Gasteiger partial charge in [-0.25, -0.2) is 4.79 Å². The number of pyridine rings is 1. The predicted molar refractivity (Wildman–Crippen MR) is 147 cm³/mol. The van der Waals surface area contributed by atoms with Gasteiger partial charge in [0.05, 0.1) is 32.0 Å². The molecular weight excluding hydrogens is 496 g/mol. The summed E-state index contributed by atoms with van der Waals surface area (Å²) in [6.45, 7) is -0.260. The molecule has 9 heteroatoms. The van der Waals surface area contributed by atoms with Crippen molar-refractivity contribution in [3.8, 4) is 11.3 Å². The molecule has 0 aliphatic heterocycles. The molecule has 3 N–H and O–H groups in total. The standard InChI is InChI=1S/C30H34N4O5/c1-21(2)15-27(34-30(38)39-20-22-9-4-3-5-10-22)29(37)33-19-25(35)18-32-28(36)17-23-11-8-12-24(16-23)26-13-6-7-14-31-26/h3-14,16,21,27H,15,17-20H2,1-2H3,(H,32,36)(H,33,37)(H,34,38)/t27-/m0/s1/i11T,12T,16T,18T,19T/t18?,19?,27-. The molecular formula is C30H34N4O5. The Morgan fingerprint density at radius 1 is 0.949 bits per heavy atom. The number of ether oxygens (including phenoxy) is 1. The SMILES string of the molecule is [3H]c1cc([3H])c(-c2ccccn2)c([3H])c1CC(=O)NC([3H])C(=O)C([3H])NC(=O)[C@H](CC(C)C)NC(=O)OCc1ccccc1. The number of benzene rings is 2. The fourth-order valence-electron chi connectivity index (χ4n) is 3.42. The first-order valence-corrected chi connectivity index (χ1v) is 12.3. The van der Waals surface area contributed by atoms with Gasteiger partial charge in [0.2, 0.25) is 11.8 Å². The number of alkyl carbamates (subject to hydrolysis) is 1. The molecule has 0 spiro atoms. The van der Waals surface area contributed by atoms with Crippen molar-refractivity contribution in [3.63, 3.8) is 0 Å². The summed E-state index contributed by atoms with van der Waals surface area (Å²) in [5, 5.41) is 6.74. The number of hydrogen-bond donors (Lipinski definition) is 3. The van der Waals surface area contributed by atoms with Gasteiger partial charge in [-0.3, -0.25) is 19.4 Å². The molecule has 3 aromatic rings. The number of aromatic nitrogens is 1. The van der Waals surface area contributed by atoms with Crippen LogP contribution in [0, 0.1) is 5.92 Å². The first-order valence-electron chi connectivity index (χ1n) is 15.0. The van der Waals surface area contributed by atoms with Crippen LogP contribution in [0.3, 0.4) is 0 Å². The molecule has 204 valence electrons. The van der Waals surface area contributed by atoms with Crippen molar-refractivity contribution in [3.05, 3.63) is 90.0 Å². The van der Waals surface area contributed by atoms with Gasteiger partial charge in [0.15, 0.2) is 5.78 Å². The Balaban J connectivity index is 1.60. The predicted octanol–water partition coefficient (Wildman–Crippen LogP) is 3.43. The van der Waals surface area contributed by atoms with E-state index in [2.05, 4.69) is 20.9 Å². The summed E-state index contributed by atoms with van der Waals surface area (Å²) < 4.78 is 46.1. The van der Waals surface area contributed by atoms with Gasteiger partial charge in [0, 0.05) is 11.8 Å². The van der Waals surface area contributed by atoms with E-state index in [-0.39, 0.29) is 48.2 Å². The molecule has 0 saturated heterocycles. The Morgan fingerprint density at radius 3 is 2.41 bits per heavy atom. The van der Waals surface area contributed by atoms with E-state index in [1.165, 1.54) is 12.3 Å². The third-order valence-electron chi connectivity index (χ3n) is 5.26. The molecule has 3 amide bonds. The highest BCUT2D eigenvalue weighted by Crippen LogP contribution is 2.18. The number of nitrogens with zero attached hydrogens (tertiary/aromatic N) is 1. The topological polar surface area (TPSA) is 126 Å². The molecule has 39 heavy (non-hydrogen) atoms. The van der Waals surface area contributed by atoms with Gasteiger partial charge in [-0.05, 0) is 41.6 Å². The van der Waals surface area contributed by atoms with Gasteiger partial charge in [-0.1, -0.05) is 68.4 Å². The van der Waals surface area contributed by atoms with Crippen molar-refractivity contribution in [2.24, 2.45) is 5.92 Å². The van der Waals surface area contributed by atoms with E-state index < -0.39 is 49.2 Å². The molecule has 1 aromatic heterocycles. The Morgan fingerprint density at radius 2 is 1.69 bits per heavy atom. The van der Waals surface area contributed by atoms with Crippen LogP contribution in [0.5, 0.6) is 0 Å². The highest BCUT2D eigenvalue weighted by atomic mass is 16.5. The number of carbonyl (C=O) groups excluding carboxylic acids is 4. The second-order valence-corrected chi connectivity index (χ2v) is 8.96. The summed E-state index contributed by atoms with van der Waals surface area (Å²) in [4.78, 5) is 54.7. The highest BCUT2D eigenvalue weighted by Gasteiger charge is 2.23. The fourth-order valence-corrected chi connectivity index (χ4v) is 3.42. The second-order valence-electron chi connectivity index (χ2n) is 8.96. The quantitative estimate of drug-likeness (QED) is 0.305. The number of nitrogens with one attached hydrogen (secondary N) is 3. The van der Waals surface area contributed by atoms with Gasteiger partial charge in [0.1, 0.15) is 12.6 Å². The lowest BCUT2D eigenvalue weighted by atomic mass is 10.0. The first kappa shape index (κ1) is 22.5. The lowest BCUT2D eigenvalue weighted by Crippen LogP contribution is -2.49. The van der Waals surface area contributed by atoms with Crippen LogP contribution in [-0.4, -0.2) is 47.8 Å². The minimum Gasteiger partial charge on any atom is -0.445 e. The molecule has 0 aliphatic carbocycles. The molecule has 0 saturated carbocycles. The number of hydrogen-bond acceptors (Lipinski definition) is 6. The second kappa shape index (κ2) is 15.0. The van der Waals surface area contributed by atoms with Crippen LogP contribution in [0.25, 0.3) is 11.3 Å². The smallest absolute Gasteiger partial charge is 0.408 e. The number of Topliss-reactive ketones (excluding diaryl/α,β-unsaturated/α-hetero) is 1. The van der Waals surface area contributed by atoms with Crippen molar-refractivity contribution in [1.29, 1.82) is 0 Å². The summed E-state index contributed by atoms with van der Waals surface area (Å²) >= 11 is 0. The Hall–Kier alpha value is -4.53. The zero-order valence-corrected chi connectivity index (χ0v) is 21.7. The van der Waals surface area contributed by atoms with Crippen LogP contribution in [0.1, 0.15) is 38.2 Å². The summed E-state index contributed by atoms with van der Waals surface area (Å²) in [5.41, 5.74) is 1.16. The Labute approximate surface area is 235 Å². The molecule has 0 aliphatic rings. The molecule has 2 unspecified atom stereocenters. The van der Waals surface area contributed by atoms with E-state index in [4.69, 9.17) is 11.6 Å². The molecule has 1 heterocycles. The zero-order chi connectivity index (χ0) is 32.4. The normalized spacial score (nSPS) is 14.8. The fraction of sp³-hybridized carbons (Fsp3) is 0.300. The van der Waals surface area contributed by atoms with E-state index >= 15 is 0 Å². The van der Waals surface area contributed by atoms with Crippen molar-refractivity contribution in [2.75, 3.05) is 13.0 Å². The molecule has 0 bridgehead atoms. The van der Waals surface area contributed by atoms with Crippen LogP contribution in [0.2, 0.25) is 0 Å². The van der Waals surface area contributed by atoms with Gasteiger partial charge < -0.3 is 20.7 Å². The highest BCUT2D eigenvalue weighted by molar-refractivity contribution is 5.92. The third kappa shape index (κ3) is 10.4. The monoisotopic (exact) mass is 540 g/mol. The molecule has 2 aromatic carbocycles. The summed E-state index contributed by atoms with van der Waals surface area (Å²) in [7, 11) is 0. The maximum absolute atomic E-state index is 12.9. The number of rotatable bonds is 13. The lowest BCUT2D eigenvalue weighted by Gasteiger charge is -2.20. The van der Waals surface area contributed by atoms with Crippen LogP contribution in [0.15, 0.2) is 78.9 Å². The average molecular weight is 541 g/mol. The van der Waals surface area contributed by atoms with E-state index in [0.29, 0.717) is 5.69 Å². The van der Waals surface area contributed by atoms with Gasteiger partial charge in [-0.15, -0.1) is 0 Å². The summed E-state index contributed by atoms with van der Waals surface area (Å²) in [6.07, 6.45) is 0.262. The number of carbonyl (C=O) groups is 4. The summed E-state index contributed by atoms with van der Waals surface area (Å²) in [6, 6.07) is 13.3. The van der Waals surface area contributed by atoms with E-state index in [1.807, 2.05) is 19.9 Å². The maximum Gasteiger partial charge on any atom is 0.408 e. The van der Waals surface area contributed by atoms with E-state index in [9.17, 15) is 19.2 Å². The molecule has 9 nitrogen and oxygen atoms in total. The van der Waals surface area contributed by atoms with Gasteiger partial charge >= 0.3 is 6.09 Å². The first-order chi connectivity index (χ1) is 20.9. The van der Waals surface area contributed by atoms with Crippen molar-refractivity contribution >= 4 is 23.7 Å². The van der Waals surface area contributed by atoms with Crippen LogP contribution < -0.4 is 16.0 Å². The Bertz CT molecular complexity index is 1480. The van der Waals surface area contributed by atoms with Crippen LogP contribution in [0.4, 0.5) is 4.79 Å².